The van der Waals surface area contributed by atoms with Crippen LogP contribution in [0.4, 0.5) is 4.39 Å². The highest BCUT2D eigenvalue weighted by Gasteiger charge is 2.38. The van der Waals surface area contributed by atoms with E-state index in [9.17, 15) is 4.39 Å². The van der Waals surface area contributed by atoms with Crippen LogP contribution >= 0.6 is 11.6 Å². The van der Waals surface area contributed by atoms with Crippen molar-refractivity contribution in [2.45, 2.75) is 38.0 Å². The van der Waals surface area contributed by atoms with Gasteiger partial charge in [-0.1, -0.05) is 30.5 Å². The number of nitrogens with two attached hydrogens (primary N) is 1. The molecule has 0 aliphatic heterocycles. The molecule has 1 fully saturated rings. The molecular formula is C13H17ClFN. The molecule has 1 saturated carbocycles. The number of benzene rings is 1. The lowest BCUT2D eigenvalue weighted by molar-refractivity contribution is 0.424. The average Bonchev–Trinajstić information content (AvgIpc) is 2.74. The number of hydrogen-bond acceptors (Lipinski definition) is 1. The van der Waals surface area contributed by atoms with Crippen molar-refractivity contribution >= 4 is 11.6 Å². The van der Waals surface area contributed by atoms with Crippen molar-refractivity contribution in [1.29, 1.82) is 0 Å². The lowest BCUT2D eigenvalue weighted by atomic mass is 9.76. The average molecular weight is 242 g/mol. The highest BCUT2D eigenvalue weighted by Crippen LogP contribution is 2.43. The third-order valence-corrected chi connectivity index (χ3v) is 4.08. The Kier molecular flexibility index (Phi) is 3.22. The molecule has 0 amide bonds. The molecule has 1 aromatic rings. The second-order valence-corrected chi connectivity index (χ2v) is 5.15. The van der Waals surface area contributed by atoms with Gasteiger partial charge in [-0.05, 0) is 37.0 Å². The van der Waals surface area contributed by atoms with Crippen LogP contribution in [-0.2, 0) is 5.41 Å². The normalized spacial score (nSPS) is 19.0. The van der Waals surface area contributed by atoms with Crippen LogP contribution in [0.2, 0.25) is 5.02 Å². The van der Waals surface area contributed by atoms with Gasteiger partial charge in [0.05, 0.1) is 5.02 Å². The van der Waals surface area contributed by atoms with Gasteiger partial charge < -0.3 is 5.73 Å². The van der Waals surface area contributed by atoms with Crippen LogP contribution in [0.5, 0.6) is 0 Å². The fraction of sp³-hybridized carbons (Fsp3) is 0.538. The first-order chi connectivity index (χ1) is 7.60. The minimum atomic E-state index is -0.269. The summed E-state index contributed by atoms with van der Waals surface area (Å²) in [6.07, 6.45) is 4.20. The first-order valence-electron chi connectivity index (χ1n) is 5.76. The maximum Gasteiger partial charge on any atom is 0.145 e. The van der Waals surface area contributed by atoms with Crippen molar-refractivity contribution in [2.75, 3.05) is 6.54 Å². The van der Waals surface area contributed by atoms with Crippen LogP contribution in [0, 0.1) is 12.7 Å². The molecule has 1 aromatic carbocycles. The third-order valence-electron chi connectivity index (χ3n) is 3.78. The van der Waals surface area contributed by atoms with E-state index in [1.54, 1.807) is 6.07 Å². The monoisotopic (exact) mass is 241 g/mol. The molecule has 0 atom stereocenters. The van der Waals surface area contributed by atoms with E-state index in [2.05, 4.69) is 0 Å². The van der Waals surface area contributed by atoms with Crippen LogP contribution in [0.25, 0.3) is 0 Å². The molecule has 0 radical (unpaired) electrons. The zero-order chi connectivity index (χ0) is 11.8. The summed E-state index contributed by atoms with van der Waals surface area (Å²) in [4.78, 5) is 0. The van der Waals surface area contributed by atoms with Gasteiger partial charge in [0.15, 0.2) is 0 Å². The van der Waals surface area contributed by atoms with Crippen LogP contribution in [0.15, 0.2) is 12.1 Å². The van der Waals surface area contributed by atoms with E-state index < -0.39 is 0 Å². The van der Waals surface area contributed by atoms with Crippen molar-refractivity contribution in [1.82, 2.24) is 0 Å². The minimum absolute atomic E-state index is 0.181. The van der Waals surface area contributed by atoms with Crippen LogP contribution in [0.1, 0.15) is 36.8 Å². The van der Waals surface area contributed by atoms with Gasteiger partial charge in [-0.15, -0.1) is 0 Å². The lowest BCUT2D eigenvalue weighted by Crippen LogP contribution is -2.34. The van der Waals surface area contributed by atoms with E-state index in [4.69, 9.17) is 17.3 Å². The molecule has 0 unspecified atom stereocenters. The minimum Gasteiger partial charge on any atom is -0.330 e. The molecule has 1 aliphatic rings. The molecule has 2 rings (SSSR count). The smallest absolute Gasteiger partial charge is 0.145 e. The van der Waals surface area contributed by atoms with Gasteiger partial charge in [0.2, 0.25) is 0 Å². The zero-order valence-electron chi connectivity index (χ0n) is 9.52. The topological polar surface area (TPSA) is 26.0 Å². The number of halogens is 2. The fourth-order valence-electron chi connectivity index (χ4n) is 2.91. The van der Waals surface area contributed by atoms with Gasteiger partial charge in [-0.25, -0.2) is 4.39 Å². The summed E-state index contributed by atoms with van der Waals surface area (Å²) in [5.74, 6) is -0.269. The Morgan fingerprint density at radius 1 is 1.38 bits per heavy atom. The second-order valence-electron chi connectivity index (χ2n) is 4.74. The van der Waals surface area contributed by atoms with E-state index in [1.807, 2.05) is 13.0 Å². The standard InChI is InChI=1S/C13H17ClFN/c1-9-4-5-10(14)12(15)11(9)13(8-16)6-2-3-7-13/h4-5H,2-3,6-8,16H2,1H3. The van der Waals surface area contributed by atoms with Crippen LogP contribution in [-0.4, -0.2) is 6.54 Å². The maximum atomic E-state index is 14.2. The van der Waals surface area contributed by atoms with Gasteiger partial charge in [-0.3, -0.25) is 0 Å². The number of rotatable bonds is 2. The number of aryl methyl sites for hydroxylation is 1. The first kappa shape index (κ1) is 11.9. The Morgan fingerprint density at radius 2 is 2.00 bits per heavy atom. The maximum absolute atomic E-state index is 14.2. The quantitative estimate of drug-likeness (QED) is 0.842. The zero-order valence-corrected chi connectivity index (χ0v) is 10.3. The molecule has 0 aromatic heterocycles. The highest BCUT2D eigenvalue weighted by molar-refractivity contribution is 6.30. The SMILES string of the molecule is Cc1ccc(Cl)c(F)c1C1(CN)CCCC1. The Labute approximate surface area is 101 Å². The summed E-state index contributed by atoms with van der Waals surface area (Å²) in [5.41, 5.74) is 7.41. The van der Waals surface area contributed by atoms with Crippen molar-refractivity contribution in [3.05, 3.63) is 34.1 Å². The van der Waals surface area contributed by atoms with Gasteiger partial charge >= 0.3 is 0 Å². The van der Waals surface area contributed by atoms with Crippen LogP contribution < -0.4 is 5.73 Å². The molecule has 2 N–H and O–H groups in total. The van der Waals surface area contributed by atoms with Gasteiger partial charge in [0.1, 0.15) is 5.82 Å². The van der Waals surface area contributed by atoms with E-state index in [-0.39, 0.29) is 16.3 Å². The molecular weight excluding hydrogens is 225 g/mol. The molecule has 88 valence electrons. The summed E-state index contributed by atoms with van der Waals surface area (Å²) >= 11 is 5.87. The Balaban J connectivity index is 2.57. The first-order valence-corrected chi connectivity index (χ1v) is 6.14. The van der Waals surface area contributed by atoms with Gasteiger partial charge in [0.25, 0.3) is 0 Å². The van der Waals surface area contributed by atoms with Gasteiger partial charge in [-0.2, -0.15) is 0 Å². The summed E-state index contributed by atoms with van der Waals surface area (Å²) in [5, 5.41) is 0.209. The van der Waals surface area contributed by atoms with E-state index in [1.165, 1.54) is 0 Å². The summed E-state index contributed by atoms with van der Waals surface area (Å²) in [6.45, 7) is 2.44. The number of hydrogen-bond donors (Lipinski definition) is 1. The van der Waals surface area contributed by atoms with Crippen molar-refractivity contribution in [3.63, 3.8) is 0 Å². The molecule has 1 nitrogen and oxygen atoms in total. The molecule has 16 heavy (non-hydrogen) atoms. The molecule has 0 spiro atoms. The lowest BCUT2D eigenvalue weighted by Gasteiger charge is -2.30. The Morgan fingerprint density at radius 3 is 2.56 bits per heavy atom. The highest BCUT2D eigenvalue weighted by atomic mass is 35.5. The van der Waals surface area contributed by atoms with Crippen molar-refractivity contribution < 1.29 is 4.39 Å². The third kappa shape index (κ3) is 1.74. The van der Waals surface area contributed by atoms with Gasteiger partial charge in [0, 0.05) is 12.0 Å². The summed E-state index contributed by atoms with van der Waals surface area (Å²) in [6, 6.07) is 3.51. The summed E-state index contributed by atoms with van der Waals surface area (Å²) < 4.78 is 14.2. The van der Waals surface area contributed by atoms with E-state index in [0.717, 1.165) is 36.8 Å². The predicted octanol–water partition coefficient (Wildman–Crippen LogP) is 3.56. The van der Waals surface area contributed by atoms with Crippen molar-refractivity contribution in [3.8, 4) is 0 Å². The molecule has 0 saturated heterocycles. The largest absolute Gasteiger partial charge is 0.330 e. The van der Waals surface area contributed by atoms with E-state index in [0.29, 0.717) is 6.54 Å². The Hall–Kier alpha value is -0.600. The summed E-state index contributed by atoms with van der Waals surface area (Å²) in [7, 11) is 0. The predicted molar refractivity (Wildman–Crippen MR) is 65.3 cm³/mol. The molecule has 3 heteroatoms. The van der Waals surface area contributed by atoms with Crippen LogP contribution in [0.3, 0.4) is 0 Å². The fourth-order valence-corrected chi connectivity index (χ4v) is 3.06. The van der Waals surface area contributed by atoms with E-state index >= 15 is 0 Å². The van der Waals surface area contributed by atoms with Crippen molar-refractivity contribution in [2.24, 2.45) is 5.73 Å². The second kappa shape index (κ2) is 4.34. The molecule has 0 bridgehead atoms. The molecule has 1 aliphatic carbocycles. The molecule has 0 heterocycles. The Bertz CT molecular complexity index is 397.